The maximum absolute atomic E-state index is 12.5. The van der Waals surface area contributed by atoms with Gasteiger partial charge in [-0.05, 0) is 42.4 Å². The van der Waals surface area contributed by atoms with Gasteiger partial charge in [0.1, 0.15) is 4.83 Å². The van der Waals surface area contributed by atoms with Gasteiger partial charge in [-0.15, -0.1) is 11.3 Å². The van der Waals surface area contributed by atoms with Crippen LogP contribution in [0.4, 0.5) is 0 Å². The number of nitriles is 1. The lowest BCUT2D eigenvalue weighted by atomic mass is 9.89. The first-order chi connectivity index (χ1) is 11.8. The van der Waals surface area contributed by atoms with Gasteiger partial charge in [-0.3, -0.25) is 4.79 Å². The first-order valence-electron chi connectivity index (χ1n) is 7.89. The molecule has 0 radical (unpaired) electrons. The molecule has 24 heavy (non-hydrogen) atoms. The Bertz CT molecular complexity index is 1010. The molecule has 0 aliphatic heterocycles. The number of hydrogen-bond acceptors (Lipinski definition) is 5. The van der Waals surface area contributed by atoms with Crippen LogP contribution in [0.15, 0.2) is 33.5 Å². The summed E-state index contributed by atoms with van der Waals surface area (Å²) in [6.07, 6.45) is 4.78. The molecule has 4 nitrogen and oxygen atoms in total. The monoisotopic (exact) mass is 353 g/mol. The van der Waals surface area contributed by atoms with Gasteiger partial charge in [0, 0.05) is 10.9 Å². The molecule has 1 aliphatic carbocycles. The summed E-state index contributed by atoms with van der Waals surface area (Å²) in [6, 6.07) is 8.59. The second kappa shape index (κ2) is 6.42. The van der Waals surface area contributed by atoms with E-state index in [2.05, 4.69) is 28.2 Å². The molecule has 0 spiro atoms. The van der Waals surface area contributed by atoms with E-state index in [1.807, 2.05) is 11.4 Å². The molecule has 2 heterocycles. The molecule has 0 atom stereocenters. The van der Waals surface area contributed by atoms with E-state index in [0.29, 0.717) is 10.5 Å². The van der Waals surface area contributed by atoms with Crippen molar-refractivity contribution >= 4 is 33.3 Å². The standard InChI is InChI=1S/C18H15N3OS2/c19-7-8-23-18-20-16(22)15-14(10-24-17(15)21-18)13-6-5-11-3-1-2-4-12(11)9-13/h5-6,9-10H,1-4,8H2,(H,20,21,22). The van der Waals surface area contributed by atoms with Crippen LogP contribution < -0.4 is 5.56 Å². The predicted molar refractivity (Wildman–Crippen MR) is 98.7 cm³/mol. The number of thiophene rings is 1. The molecule has 2 aromatic heterocycles. The zero-order valence-electron chi connectivity index (χ0n) is 13.0. The van der Waals surface area contributed by atoms with Crippen molar-refractivity contribution in [1.29, 1.82) is 5.26 Å². The Morgan fingerprint density at radius 3 is 2.96 bits per heavy atom. The molecule has 0 bridgehead atoms. The summed E-state index contributed by atoms with van der Waals surface area (Å²) in [7, 11) is 0. The number of H-pyrrole nitrogens is 1. The molecule has 0 fully saturated rings. The van der Waals surface area contributed by atoms with Gasteiger partial charge < -0.3 is 4.98 Å². The Morgan fingerprint density at radius 1 is 1.29 bits per heavy atom. The summed E-state index contributed by atoms with van der Waals surface area (Å²) >= 11 is 2.73. The largest absolute Gasteiger partial charge is 0.301 e. The summed E-state index contributed by atoms with van der Waals surface area (Å²) < 4.78 is 0. The molecule has 0 saturated carbocycles. The van der Waals surface area contributed by atoms with Crippen LogP contribution in [-0.2, 0) is 12.8 Å². The molecular formula is C18H15N3OS2. The maximum Gasteiger partial charge on any atom is 0.260 e. The summed E-state index contributed by atoms with van der Waals surface area (Å²) in [4.78, 5) is 20.5. The highest BCUT2D eigenvalue weighted by Crippen LogP contribution is 2.34. The Balaban J connectivity index is 1.80. The van der Waals surface area contributed by atoms with Crippen molar-refractivity contribution in [3.05, 3.63) is 45.1 Å². The Morgan fingerprint density at radius 2 is 2.12 bits per heavy atom. The molecule has 3 aromatic rings. The van der Waals surface area contributed by atoms with Crippen molar-refractivity contribution in [3.8, 4) is 17.2 Å². The minimum Gasteiger partial charge on any atom is -0.301 e. The second-order valence-corrected chi connectivity index (χ2v) is 7.66. The van der Waals surface area contributed by atoms with Crippen LogP contribution in [0.5, 0.6) is 0 Å². The van der Waals surface area contributed by atoms with Crippen LogP contribution in [0.25, 0.3) is 21.3 Å². The molecular weight excluding hydrogens is 338 g/mol. The van der Waals surface area contributed by atoms with Gasteiger partial charge >= 0.3 is 0 Å². The smallest absolute Gasteiger partial charge is 0.260 e. The fourth-order valence-corrected chi connectivity index (χ4v) is 4.74. The van der Waals surface area contributed by atoms with E-state index in [-0.39, 0.29) is 11.3 Å². The molecule has 1 N–H and O–H groups in total. The van der Waals surface area contributed by atoms with Crippen molar-refractivity contribution in [3.63, 3.8) is 0 Å². The highest BCUT2D eigenvalue weighted by Gasteiger charge is 2.15. The highest BCUT2D eigenvalue weighted by atomic mass is 32.2. The van der Waals surface area contributed by atoms with Crippen molar-refractivity contribution in [2.45, 2.75) is 30.8 Å². The van der Waals surface area contributed by atoms with E-state index in [9.17, 15) is 4.79 Å². The van der Waals surface area contributed by atoms with E-state index < -0.39 is 0 Å². The third kappa shape index (κ3) is 2.74. The summed E-state index contributed by atoms with van der Waals surface area (Å²) in [5.41, 5.74) is 4.76. The summed E-state index contributed by atoms with van der Waals surface area (Å²) in [5, 5.41) is 11.8. The number of aryl methyl sites for hydroxylation is 2. The van der Waals surface area contributed by atoms with Crippen molar-refractivity contribution in [1.82, 2.24) is 9.97 Å². The van der Waals surface area contributed by atoms with Crippen molar-refractivity contribution in [2.24, 2.45) is 0 Å². The lowest BCUT2D eigenvalue weighted by Gasteiger charge is -2.16. The van der Waals surface area contributed by atoms with E-state index in [1.54, 1.807) is 0 Å². The Kier molecular flexibility index (Phi) is 4.13. The first kappa shape index (κ1) is 15.4. The molecule has 120 valence electrons. The molecule has 0 amide bonds. The zero-order valence-corrected chi connectivity index (χ0v) is 14.6. The fraction of sp³-hybridized carbons (Fsp3) is 0.278. The van der Waals surface area contributed by atoms with Gasteiger partial charge in [0.25, 0.3) is 5.56 Å². The maximum atomic E-state index is 12.5. The number of benzene rings is 1. The molecule has 4 rings (SSSR count). The molecule has 0 saturated heterocycles. The number of nitrogens with one attached hydrogen (secondary N) is 1. The number of fused-ring (bicyclic) bond motifs is 2. The number of nitrogens with zero attached hydrogens (tertiary/aromatic N) is 2. The average molecular weight is 353 g/mol. The third-order valence-electron chi connectivity index (χ3n) is 4.36. The van der Waals surface area contributed by atoms with Crippen molar-refractivity contribution in [2.75, 3.05) is 5.75 Å². The van der Waals surface area contributed by atoms with E-state index in [1.165, 1.54) is 47.1 Å². The SMILES string of the molecule is N#CCSc1nc2scc(-c3ccc4c(c3)CCCC4)c2c(=O)[nH]1. The zero-order chi connectivity index (χ0) is 16.5. The van der Waals surface area contributed by atoms with Crippen LogP contribution in [0.2, 0.25) is 0 Å². The lowest BCUT2D eigenvalue weighted by molar-refractivity contribution is 0.686. The van der Waals surface area contributed by atoms with Gasteiger partial charge in [0.05, 0.1) is 17.2 Å². The second-order valence-electron chi connectivity index (χ2n) is 5.84. The Hall–Kier alpha value is -2.10. The fourth-order valence-electron chi connectivity index (χ4n) is 3.21. The lowest BCUT2D eigenvalue weighted by Crippen LogP contribution is -2.09. The van der Waals surface area contributed by atoms with Crippen LogP contribution >= 0.6 is 23.1 Å². The van der Waals surface area contributed by atoms with Gasteiger partial charge in [-0.1, -0.05) is 30.0 Å². The minimum absolute atomic E-state index is 0.130. The predicted octanol–water partition coefficient (Wildman–Crippen LogP) is 4.15. The average Bonchev–Trinajstić information content (AvgIpc) is 3.04. The molecule has 1 aliphatic rings. The van der Waals surface area contributed by atoms with Crippen LogP contribution in [0.1, 0.15) is 24.0 Å². The molecule has 0 unspecified atom stereocenters. The van der Waals surface area contributed by atoms with Crippen molar-refractivity contribution < 1.29 is 0 Å². The topological polar surface area (TPSA) is 69.5 Å². The summed E-state index contributed by atoms with van der Waals surface area (Å²) in [6.45, 7) is 0. The van der Waals surface area contributed by atoms with Gasteiger partial charge in [-0.2, -0.15) is 5.26 Å². The van der Waals surface area contributed by atoms with Crippen LogP contribution in [-0.4, -0.2) is 15.7 Å². The number of thioether (sulfide) groups is 1. The minimum atomic E-state index is -0.130. The third-order valence-corrected chi connectivity index (χ3v) is 5.97. The molecule has 1 aromatic carbocycles. The van der Waals surface area contributed by atoms with E-state index in [4.69, 9.17) is 5.26 Å². The normalized spacial score (nSPS) is 13.6. The van der Waals surface area contributed by atoms with Crippen LogP contribution in [0, 0.1) is 11.3 Å². The van der Waals surface area contributed by atoms with Gasteiger partial charge in [0.2, 0.25) is 0 Å². The van der Waals surface area contributed by atoms with E-state index >= 15 is 0 Å². The number of hydrogen-bond donors (Lipinski definition) is 1. The Labute approximate surface area is 147 Å². The quantitative estimate of drug-likeness (QED) is 0.567. The summed E-state index contributed by atoms with van der Waals surface area (Å²) in [5.74, 6) is 0.275. The van der Waals surface area contributed by atoms with Crippen LogP contribution in [0.3, 0.4) is 0 Å². The van der Waals surface area contributed by atoms with E-state index in [0.717, 1.165) is 28.8 Å². The number of aromatic amines is 1. The van der Waals surface area contributed by atoms with Gasteiger partial charge in [-0.25, -0.2) is 4.98 Å². The number of rotatable bonds is 3. The molecule has 6 heteroatoms. The number of aromatic nitrogens is 2. The first-order valence-corrected chi connectivity index (χ1v) is 9.76. The van der Waals surface area contributed by atoms with Gasteiger partial charge in [0.15, 0.2) is 5.16 Å². The highest BCUT2D eigenvalue weighted by molar-refractivity contribution is 7.99.